The lowest BCUT2D eigenvalue weighted by atomic mass is 10.2. The smallest absolute Gasteiger partial charge is 0.268 e. The Bertz CT molecular complexity index is 809. The van der Waals surface area contributed by atoms with Gasteiger partial charge in [-0.05, 0) is 42.0 Å². The minimum Gasteiger partial charge on any atom is -0.497 e. The van der Waals surface area contributed by atoms with E-state index in [1.54, 1.807) is 19.5 Å². The standard InChI is InChI=1S/C17H17N3O2/c1-20-15-4-3-14(22-2)9-13(15)10-16(20)17(21)19-11-12-5-7-18-8-6-12/h3-10H,11H2,1-2H3,(H,19,21). The number of benzene rings is 1. The second-order valence-electron chi connectivity index (χ2n) is 5.05. The number of amides is 1. The van der Waals surface area contributed by atoms with Crippen LogP contribution in [0.25, 0.3) is 10.9 Å². The van der Waals surface area contributed by atoms with Crippen molar-refractivity contribution in [2.75, 3.05) is 7.11 Å². The van der Waals surface area contributed by atoms with E-state index < -0.39 is 0 Å². The quantitative estimate of drug-likeness (QED) is 0.804. The number of hydrogen-bond acceptors (Lipinski definition) is 3. The summed E-state index contributed by atoms with van der Waals surface area (Å²) in [5.74, 6) is 0.677. The van der Waals surface area contributed by atoms with Gasteiger partial charge in [0.2, 0.25) is 0 Å². The van der Waals surface area contributed by atoms with Crippen LogP contribution < -0.4 is 10.1 Å². The fraction of sp³-hybridized carbons (Fsp3) is 0.176. The molecule has 0 aliphatic heterocycles. The first-order valence-corrected chi connectivity index (χ1v) is 6.99. The van der Waals surface area contributed by atoms with Gasteiger partial charge in [-0.15, -0.1) is 0 Å². The Labute approximate surface area is 128 Å². The van der Waals surface area contributed by atoms with E-state index in [2.05, 4.69) is 10.3 Å². The van der Waals surface area contributed by atoms with Gasteiger partial charge >= 0.3 is 0 Å². The topological polar surface area (TPSA) is 56.1 Å². The van der Waals surface area contributed by atoms with Crippen LogP contribution in [0.1, 0.15) is 16.1 Å². The predicted molar refractivity (Wildman–Crippen MR) is 84.9 cm³/mol. The molecular weight excluding hydrogens is 278 g/mol. The second kappa shape index (κ2) is 5.89. The third-order valence-electron chi connectivity index (χ3n) is 3.68. The Kier molecular flexibility index (Phi) is 3.78. The van der Waals surface area contributed by atoms with Crippen LogP contribution in [0.15, 0.2) is 48.8 Å². The third kappa shape index (κ3) is 2.65. The van der Waals surface area contributed by atoms with Crippen LogP contribution in [0, 0.1) is 0 Å². The zero-order valence-corrected chi connectivity index (χ0v) is 12.5. The molecule has 1 N–H and O–H groups in total. The number of carbonyl (C=O) groups is 1. The fourth-order valence-corrected chi connectivity index (χ4v) is 2.45. The number of pyridine rings is 1. The van der Waals surface area contributed by atoms with Crippen LogP contribution in [-0.4, -0.2) is 22.6 Å². The molecule has 0 fully saturated rings. The summed E-state index contributed by atoms with van der Waals surface area (Å²) in [6.07, 6.45) is 3.43. The van der Waals surface area contributed by atoms with Crippen LogP contribution in [0.4, 0.5) is 0 Å². The highest BCUT2D eigenvalue weighted by atomic mass is 16.5. The number of ether oxygens (including phenoxy) is 1. The molecule has 112 valence electrons. The van der Waals surface area contributed by atoms with Crippen molar-refractivity contribution in [1.29, 1.82) is 0 Å². The minimum atomic E-state index is -0.102. The maximum atomic E-state index is 12.4. The molecule has 0 aliphatic rings. The van der Waals surface area contributed by atoms with Gasteiger partial charge in [0.1, 0.15) is 11.4 Å². The molecule has 0 radical (unpaired) electrons. The number of aryl methyl sites for hydroxylation is 1. The lowest BCUT2D eigenvalue weighted by Crippen LogP contribution is -2.24. The van der Waals surface area contributed by atoms with E-state index >= 15 is 0 Å². The second-order valence-corrected chi connectivity index (χ2v) is 5.05. The van der Waals surface area contributed by atoms with Crippen molar-refractivity contribution in [3.05, 3.63) is 60.0 Å². The number of nitrogens with one attached hydrogen (secondary N) is 1. The van der Waals surface area contributed by atoms with Crippen molar-refractivity contribution in [3.8, 4) is 5.75 Å². The van der Waals surface area contributed by atoms with E-state index in [-0.39, 0.29) is 5.91 Å². The van der Waals surface area contributed by atoms with E-state index in [1.165, 1.54) is 0 Å². The largest absolute Gasteiger partial charge is 0.497 e. The summed E-state index contributed by atoms with van der Waals surface area (Å²) in [7, 11) is 3.52. The summed E-state index contributed by atoms with van der Waals surface area (Å²) in [4.78, 5) is 16.3. The van der Waals surface area contributed by atoms with Gasteiger partial charge in [0.05, 0.1) is 7.11 Å². The number of nitrogens with zero attached hydrogens (tertiary/aromatic N) is 2. The molecule has 0 spiro atoms. The maximum absolute atomic E-state index is 12.4. The molecule has 3 rings (SSSR count). The van der Waals surface area contributed by atoms with E-state index in [1.807, 2.05) is 48.0 Å². The van der Waals surface area contributed by atoms with Crippen molar-refractivity contribution in [3.63, 3.8) is 0 Å². The molecule has 5 nitrogen and oxygen atoms in total. The summed E-state index contributed by atoms with van der Waals surface area (Å²) >= 11 is 0. The Morgan fingerprint density at radius 1 is 1.23 bits per heavy atom. The number of carbonyl (C=O) groups excluding carboxylic acids is 1. The highest BCUT2D eigenvalue weighted by molar-refractivity contribution is 5.99. The Morgan fingerprint density at radius 2 is 2.00 bits per heavy atom. The molecule has 0 atom stereocenters. The maximum Gasteiger partial charge on any atom is 0.268 e. The van der Waals surface area contributed by atoms with Crippen LogP contribution in [0.3, 0.4) is 0 Å². The average molecular weight is 295 g/mol. The molecule has 0 saturated heterocycles. The Hall–Kier alpha value is -2.82. The van der Waals surface area contributed by atoms with Gasteiger partial charge in [-0.1, -0.05) is 0 Å². The van der Waals surface area contributed by atoms with Gasteiger partial charge in [0, 0.05) is 36.9 Å². The van der Waals surface area contributed by atoms with Gasteiger partial charge in [-0.3, -0.25) is 9.78 Å². The number of fused-ring (bicyclic) bond motifs is 1. The first-order chi connectivity index (χ1) is 10.7. The van der Waals surface area contributed by atoms with Crippen molar-refractivity contribution in [2.24, 2.45) is 7.05 Å². The molecule has 0 bridgehead atoms. The molecule has 22 heavy (non-hydrogen) atoms. The summed E-state index contributed by atoms with van der Waals surface area (Å²) in [5.41, 5.74) is 2.64. The molecule has 3 aromatic rings. The van der Waals surface area contributed by atoms with E-state index in [9.17, 15) is 4.79 Å². The molecular formula is C17H17N3O2. The van der Waals surface area contributed by atoms with Gasteiger partial charge in [0.15, 0.2) is 0 Å². The summed E-state index contributed by atoms with van der Waals surface area (Å²) in [6, 6.07) is 11.4. The first-order valence-electron chi connectivity index (χ1n) is 6.99. The molecule has 5 heteroatoms. The van der Waals surface area contributed by atoms with Gasteiger partial charge in [-0.2, -0.15) is 0 Å². The molecule has 0 saturated carbocycles. The lowest BCUT2D eigenvalue weighted by Gasteiger charge is -2.06. The van der Waals surface area contributed by atoms with Crippen LogP contribution in [0.2, 0.25) is 0 Å². The number of methoxy groups -OCH3 is 1. The number of hydrogen-bond donors (Lipinski definition) is 1. The molecule has 1 amide bonds. The van der Waals surface area contributed by atoms with Gasteiger partial charge < -0.3 is 14.6 Å². The first kappa shape index (κ1) is 14.1. The van der Waals surface area contributed by atoms with Crippen molar-refractivity contribution >= 4 is 16.8 Å². The van der Waals surface area contributed by atoms with Crippen LogP contribution >= 0.6 is 0 Å². The van der Waals surface area contributed by atoms with Gasteiger partial charge in [-0.25, -0.2) is 0 Å². The SMILES string of the molecule is COc1ccc2c(c1)cc(C(=O)NCc1ccncc1)n2C. The molecule has 0 unspecified atom stereocenters. The Balaban J connectivity index is 1.83. The summed E-state index contributed by atoms with van der Waals surface area (Å²) in [5, 5.41) is 3.91. The Morgan fingerprint density at radius 3 is 2.73 bits per heavy atom. The minimum absolute atomic E-state index is 0.102. The van der Waals surface area contributed by atoms with Crippen LogP contribution in [0.5, 0.6) is 5.75 Å². The fourth-order valence-electron chi connectivity index (χ4n) is 2.45. The predicted octanol–water partition coefficient (Wildman–Crippen LogP) is 2.51. The monoisotopic (exact) mass is 295 g/mol. The molecule has 1 aromatic carbocycles. The molecule has 2 aromatic heterocycles. The molecule has 0 aliphatic carbocycles. The van der Waals surface area contributed by atoms with E-state index in [4.69, 9.17) is 4.74 Å². The van der Waals surface area contributed by atoms with Crippen molar-refractivity contribution in [1.82, 2.24) is 14.9 Å². The number of rotatable bonds is 4. The van der Waals surface area contributed by atoms with Crippen molar-refractivity contribution in [2.45, 2.75) is 6.54 Å². The number of aromatic nitrogens is 2. The zero-order valence-electron chi connectivity index (χ0n) is 12.5. The van der Waals surface area contributed by atoms with Crippen LogP contribution in [-0.2, 0) is 13.6 Å². The third-order valence-corrected chi connectivity index (χ3v) is 3.68. The average Bonchev–Trinajstić information content (AvgIpc) is 2.90. The highest BCUT2D eigenvalue weighted by Gasteiger charge is 2.13. The van der Waals surface area contributed by atoms with E-state index in [0.717, 1.165) is 22.2 Å². The summed E-state index contributed by atoms with van der Waals surface area (Å²) in [6.45, 7) is 0.478. The van der Waals surface area contributed by atoms with Gasteiger partial charge in [0.25, 0.3) is 5.91 Å². The highest BCUT2D eigenvalue weighted by Crippen LogP contribution is 2.23. The zero-order chi connectivity index (χ0) is 15.5. The van der Waals surface area contributed by atoms with Crippen molar-refractivity contribution < 1.29 is 9.53 Å². The van der Waals surface area contributed by atoms with E-state index in [0.29, 0.717) is 12.2 Å². The summed E-state index contributed by atoms with van der Waals surface area (Å²) < 4.78 is 7.11. The normalized spacial score (nSPS) is 10.6. The molecule has 2 heterocycles. The lowest BCUT2D eigenvalue weighted by molar-refractivity contribution is 0.0943.